The minimum Gasteiger partial charge on any atom is -0.468 e. The molecule has 0 aliphatic carbocycles. The van der Waals surface area contributed by atoms with Gasteiger partial charge in [-0.1, -0.05) is 13.0 Å². The highest BCUT2D eigenvalue weighted by atomic mass is 19.1. The molecule has 1 N–H and O–H groups in total. The molecule has 1 saturated heterocycles. The first kappa shape index (κ1) is 23.0. The Morgan fingerprint density at radius 3 is 2.39 bits per heavy atom. The first-order valence-electron chi connectivity index (χ1n) is 11.1. The number of nitrogens with one attached hydrogen (secondary N) is 1. The molecule has 174 valence electrons. The van der Waals surface area contributed by atoms with E-state index in [1.807, 2.05) is 30.5 Å². The second-order valence-electron chi connectivity index (χ2n) is 7.85. The van der Waals surface area contributed by atoms with Crippen molar-refractivity contribution < 1.29 is 13.9 Å². The maximum absolute atomic E-state index is 14.4. The van der Waals surface area contributed by atoms with Gasteiger partial charge in [-0.25, -0.2) is 19.3 Å². The number of methoxy groups -OCH3 is 1. The fourth-order valence-corrected chi connectivity index (χ4v) is 3.66. The molecule has 3 heterocycles. The fraction of sp³-hybridized carbons (Fsp3) is 0.375. The number of aromatic nitrogens is 3. The lowest BCUT2D eigenvalue weighted by atomic mass is 10.2. The number of hydrogen-bond donors (Lipinski definition) is 1. The molecule has 0 unspecified atom stereocenters. The second-order valence-corrected chi connectivity index (χ2v) is 7.85. The first-order chi connectivity index (χ1) is 16.1. The molecule has 8 nitrogen and oxygen atoms in total. The van der Waals surface area contributed by atoms with Crippen LogP contribution in [0.25, 0.3) is 11.4 Å². The van der Waals surface area contributed by atoms with E-state index in [0.29, 0.717) is 17.4 Å². The van der Waals surface area contributed by atoms with Gasteiger partial charge in [0.2, 0.25) is 0 Å². The van der Waals surface area contributed by atoms with Crippen LogP contribution >= 0.6 is 0 Å². The molecule has 2 aromatic heterocycles. The Bertz CT molecular complexity index is 1020. The Morgan fingerprint density at radius 1 is 0.970 bits per heavy atom. The molecule has 0 amide bonds. The average molecular weight is 453 g/mol. The Morgan fingerprint density at radius 2 is 1.73 bits per heavy atom. The molecule has 0 atom stereocenters. The molecule has 0 saturated carbocycles. The van der Waals surface area contributed by atoms with E-state index >= 15 is 0 Å². The fourth-order valence-electron chi connectivity index (χ4n) is 3.66. The number of piperazine rings is 1. The van der Waals surface area contributed by atoms with Crippen molar-refractivity contribution in [3.05, 3.63) is 60.2 Å². The molecular weight excluding hydrogens is 423 g/mol. The summed E-state index contributed by atoms with van der Waals surface area (Å²) in [7, 11) is 1.56. The van der Waals surface area contributed by atoms with E-state index in [4.69, 9.17) is 9.47 Å². The number of nitrogens with zero attached hydrogens (tertiary/aromatic N) is 5. The van der Waals surface area contributed by atoms with Crippen LogP contribution in [0, 0.1) is 5.82 Å². The summed E-state index contributed by atoms with van der Waals surface area (Å²) in [6, 6.07) is 11.1. The van der Waals surface area contributed by atoms with Crippen LogP contribution in [0.3, 0.4) is 0 Å². The Balaban J connectivity index is 1.39. The number of anilines is 2. The molecule has 4 rings (SSSR count). The number of likely N-dealkylation sites (N-methyl/N-ethyl adjacent to an activating group) is 1. The number of hydrogen-bond acceptors (Lipinski definition) is 8. The molecule has 33 heavy (non-hydrogen) atoms. The zero-order valence-corrected chi connectivity index (χ0v) is 19.0. The number of pyridine rings is 1. The van der Waals surface area contributed by atoms with Crippen molar-refractivity contribution >= 4 is 11.6 Å². The summed E-state index contributed by atoms with van der Waals surface area (Å²) in [5, 5.41) is 2.97. The zero-order valence-electron chi connectivity index (χ0n) is 19.0. The minimum absolute atomic E-state index is 0.0793. The van der Waals surface area contributed by atoms with Gasteiger partial charge in [0.15, 0.2) is 24.3 Å². The average Bonchev–Trinajstić information content (AvgIpc) is 2.86. The summed E-state index contributed by atoms with van der Waals surface area (Å²) in [5.74, 6) is 1.13. The smallest absolute Gasteiger partial charge is 0.188 e. The van der Waals surface area contributed by atoms with Crippen LogP contribution in [0.1, 0.15) is 12.5 Å². The van der Waals surface area contributed by atoms with E-state index in [1.165, 1.54) is 0 Å². The lowest BCUT2D eigenvalue weighted by molar-refractivity contribution is 0.0511. The SMILES string of the molecule is CCN1CCN(Cc2ccc(Nc3nc(-c4ccc(OCOC)cc4)ncc3F)nc2)CC1. The Kier molecular flexibility index (Phi) is 7.77. The second kappa shape index (κ2) is 11.1. The van der Waals surface area contributed by atoms with Crippen molar-refractivity contribution in [2.24, 2.45) is 0 Å². The summed E-state index contributed by atoms with van der Waals surface area (Å²) >= 11 is 0. The Labute approximate surface area is 193 Å². The van der Waals surface area contributed by atoms with E-state index < -0.39 is 5.82 Å². The molecule has 0 radical (unpaired) electrons. The van der Waals surface area contributed by atoms with E-state index in [2.05, 4.69) is 37.0 Å². The van der Waals surface area contributed by atoms with E-state index in [1.54, 1.807) is 19.2 Å². The zero-order chi connectivity index (χ0) is 23.0. The number of benzene rings is 1. The predicted molar refractivity (Wildman–Crippen MR) is 125 cm³/mol. The molecule has 9 heteroatoms. The quantitative estimate of drug-likeness (QED) is 0.494. The molecule has 0 bridgehead atoms. The molecule has 0 spiro atoms. The topological polar surface area (TPSA) is 75.6 Å². The minimum atomic E-state index is -0.543. The van der Waals surface area contributed by atoms with Crippen molar-refractivity contribution in [1.29, 1.82) is 0 Å². The molecule has 3 aromatic rings. The number of rotatable bonds is 9. The van der Waals surface area contributed by atoms with Gasteiger partial charge < -0.3 is 19.7 Å². The first-order valence-corrected chi connectivity index (χ1v) is 11.1. The monoisotopic (exact) mass is 452 g/mol. The standard InChI is InChI=1S/C24H29FN6O2/c1-3-30-10-12-31(13-11-30)16-18-4-9-22(26-14-18)28-24-21(25)15-27-23(29-24)19-5-7-20(8-6-19)33-17-32-2/h4-9,14-15H,3,10-13,16-17H2,1-2H3,(H,26,27,28,29). The Hall–Kier alpha value is -3.14. The summed E-state index contributed by atoms with van der Waals surface area (Å²) in [6.07, 6.45) is 2.98. The highest BCUT2D eigenvalue weighted by Crippen LogP contribution is 2.23. The normalized spacial score (nSPS) is 14.9. The van der Waals surface area contributed by atoms with Crippen molar-refractivity contribution in [3.63, 3.8) is 0 Å². The third kappa shape index (κ3) is 6.22. The summed E-state index contributed by atoms with van der Waals surface area (Å²) < 4.78 is 24.6. The number of halogens is 1. The van der Waals surface area contributed by atoms with Crippen molar-refractivity contribution in [1.82, 2.24) is 24.8 Å². The third-order valence-corrected chi connectivity index (χ3v) is 5.59. The lowest BCUT2D eigenvalue weighted by Gasteiger charge is -2.33. The molecule has 1 aliphatic rings. The maximum atomic E-state index is 14.4. The van der Waals surface area contributed by atoms with E-state index in [0.717, 1.165) is 56.6 Å². The molecule has 1 aromatic carbocycles. The highest BCUT2D eigenvalue weighted by Gasteiger charge is 2.16. The lowest BCUT2D eigenvalue weighted by Crippen LogP contribution is -2.45. The van der Waals surface area contributed by atoms with Gasteiger partial charge in [-0.15, -0.1) is 0 Å². The van der Waals surface area contributed by atoms with Crippen LogP contribution in [-0.4, -0.2) is 71.4 Å². The van der Waals surface area contributed by atoms with Crippen LogP contribution < -0.4 is 10.1 Å². The van der Waals surface area contributed by atoms with Gasteiger partial charge >= 0.3 is 0 Å². The van der Waals surface area contributed by atoms with Crippen molar-refractivity contribution in [2.45, 2.75) is 13.5 Å². The van der Waals surface area contributed by atoms with Gasteiger partial charge in [-0.05, 0) is 42.4 Å². The molecular formula is C24H29FN6O2. The highest BCUT2D eigenvalue weighted by molar-refractivity contribution is 5.60. The number of ether oxygens (including phenoxy) is 2. The van der Waals surface area contributed by atoms with Crippen LogP contribution in [-0.2, 0) is 11.3 Å². The van der Waals surface area contributed by atoms with Crippen molar-refractivity contribution in [2.75, 3.05) is 51.9 Å². The largest absolute Gasteiger partial charge is 0.468 e. The van der Waals surface area contributed by atoms with E-state index in [-0.39, 0.29) is 12.6 Å². The van der Waals surface area contributed by atoms with Crippen LogP contribution in [0.15, 0.2) is 48.8 Å². The van der Waals surface area contributed by atoms with Crippen LogP contribution in [0.2, 0.25) is 0 Å². The van der Waals surface area contributed by atoms with Gasteiger partial charge in [0, 0.05) is 51.6 Å². The van der Waals surface area contributed by atoms with Gasteiger partial charge in [0.25, 0.3) is 0 Å². The van der Waals surface area contributed by atoms with Gasteiger partial charge in [0.05, 0.1) is 6.20 Å². The van der Waals surface area contributed by atoms with Gasteiger partial charge in [-0.2, -0.15) is 0 Å². The van der Waals surface area contributed by atoms with Gasteiger partial charge in [0.1, 0.15) is 11.6 Å². The van der Waals surface area contributed by atoms with Crippen LogP contribution in [0.4, 0.5) is 16.0 Å². The molecule has 1 aliphatic heterocycles. The van der Waals surface area contributed by atoms with Crippen molar-refractivity contribution in [3.8, 4) is 17.1 Å². The summed E-state index contributed by atoms with van der Waals surface area (Å²) in [4.78, 5) is 17.8. The molecule has 1 fully saturated rings. The summed E-state index contributed by atoms with van der Waals surface area (Å²) in [5.41, 5.74) is 1.87. The van der Waals surface area contributed by atoms with E-state index in [9.17, 15) is 4.39 Å². The third-order valence-electron chi connectivity index (χ3n) is 5.59. The predicted octanol–water partition coefficient (Wildman–Crippen LogP) is 3.54. The van der Waals surface area contributed by atoms with Crippen LogP contribution in [0.5, 0.6) is 5.75 Å². The maximum Gasteiger partial charge on any atom is 0.188 e. The van der Waals surface area contributed by atoms with Gasteiger partial charge in [-0.3, -0.25) is 4.90 Å². The summed E-state index contributed by atoms with van der Waals surface area (Å²) in [6.45, 7) is 8.64.